The highest BCUT2D eigenvalue weighted by atomic mass is 16.5. The highest BCUT2D eigenvalue weighted by Gasteiger charge is 2.45. The maximum atomic E-state index is 13.2. The van der Waals surface area contributed by atoms with Crippen LogP contribution in [0.1, 0.15) is 41.6 Å². The third-order valence-corrected chi connectivity index (χ3v) is 5.67. The van der Waals surface area contributed by atoms with Crippen molar-refractivity contribution in [2.45, 2.75) is 49.8 Å². The van der Waals surface area contributed by atoms with Gasteiger partial charge in [0.25, 0.3) is 5.91 Å². The molecule has 1 fully saturated rings. The van der Waals surface area contributed by atoms with Crippen molar-refractivity contribution in [1.29, 1.82) is 0 Å². The minimum Gasteiger partial charge on any atom is -0.467 e. The second-order valence-corrected chi connectivity index (χ2v) is 7.86. The number of esters is 1. The Hall–Kier alpha value is -3.19. The minimum atomic E-state index is -1.37. The molecule has 0 radical (unpaired) electrons. The molecule has 1 saturated carbocycles. The molecule has 0 bridgehead atoms. The Morgan fingerprint density at radius 2 is 1.55 bits per heavy atom. The molecule has 31 heavy (non-hydrogen) atoms. The van der Waals surface area contributed by atoms with Crippen molar-refractivity contribution in [2.24, 2.45) is 0 Å². The van der Waals surface area contributed by atoms with Crippen LogP contribution < -0.4 is 10.6 Å². The van der Waals surface area contributed by atoms with E-state index in [4.69, 9.17) is 4.74 Å². The van der Waals surface area contributed by atoms with Crippen LogP contribution in [-0.4, -0.2) is 47.7 Å². The molecule has 1 aliphatic rings. The summed E-state index contributed by atoms with van der Waals surface area (Å²) in [5, 5.41) is 16.5. The van der Waals surface area contributed by atoms with Gasteiger partial charge in [-0.1, -0.05) is 61.4 Å². The number of hydrogen-bond donors (Lipinski definition) is 3. The van der Waals surface area contributed by atoms with E-state index in [0.29, 0.717) is 18.4 Å². The van der Waals surface area contributed by atoms with Gasteiger partial charge in [-0.05, 0) is 30.5 Å². The first-order chi connectivity index (χ1) is 14.9. The number of nitrogens with one attached hydrogen (secondary N) is 2. The van der Waals surface area contributed by atoms with Crippen LogP contribution in [-0.2, 0) is 20.7 Å². The van der Waals surface area contributed by atoms with Crippen molar-refractivity contribution in [3.63, 3.8) is 0 Å². The van der Waals surface area contributed by atoms with E-state index in [-0.39, 0.29) is 6.42 Å². The summed E-state index contributed by atoms with van der Waals surface area (Å²) in [4.78, 5) is 38.3. The molecule has 0 unspecified atom stereocenters. The topological polar surface area (TPSA) is 105 Å². The van der Waals surface area contributed by atoms with E-state index in [1.165, 1.54) is 7.11 Å². The molecule has 0 heterocycles. The molecule has 0 spiro atoms. The Bertz CT molecular complexity index is 895. The maximum absolute atomic E-state index is 13.2. The highest BCUT2D eigenvalue weighted by molar-refractivity contribution is 5.98. The van der Waals surface area contributed by atoms with E-state index in [2.05, 4.69) is 10.6 Å². The van der Waals surface area contributed by atoms with E-state index >= 15 is 0 Å². The summed E-state index contributed by atoms with van der Waals surface area (Å²) in [6, 6.07) is 15.6. The lowest BCUT2D eigenvalue weighted by atomic mass is 9.90. The first-order valence-electron chi connectivity index (χ1n) is 10.4. The number of carbonyl (C=O) groups is 3. The lowest BCUT2D eigenvalue weighted by molar-refractivity contribution is -0.146. The Kier molecular flexibility index (Phi) is 7.41. The molecule has 0 aliphatic heterocycles. The summed E-state index contributed by atoms with van der Waals surface area (Å²) in [5.74, 6) is -1.66. The summed E-state index contributed by atoms with van der Waals surface area (Å²) in [6.07, 6.45) is 2.53. The lowest BCUT2D eigenvalue weighted by Crippen LogP contribution is -2.61. The number of ether oxygens (including phenoxy) is 1. The molecule has 0 saturated heterocycles. The number of hydrogen-bond acceptors (Lipinski definition) is 5. The molecule has 7 heteroatoms. The average molecular weight is 424 g/mol. The van der Waals surface area contributed by atoms with Gasteiger partial charge >= 0.3 is 5.97 Å². The lowest BCUT2D eigenvalue weighted by Gasteiger charge is -2.33. The van der Waals surface area contributed by atoms with Crippen LogP contribution in [0.5, 0.6) is 0 Å². The van der Waals surface area contributed by atoms with Crippen molar-refractivity contribution < 1.29 is 24.2 Å². The predicted molar refractivity (Wildman–Crippen MR) is 115 cm³/mol. The zero-order valence-electron chi connectivity index (χ0n) is 17.5. The molecule has 2 aromatic rings. The SMILES string of the molecule is COC(=O)[C@H](Cc1ccccc1)NC(=O)[C@@H](NC(=O)c1ccccc1)C1(O)CCCC1. The fourth-order valence-electron chi connectivity index (χ4n) is 3.96. The standard InChI is InChI=1S/C24H28N2O5/c1-31-23(29)19(16-17-10-4-2-5-11-17)25-22(28)20(24(30)14-8-9-15-24)26-21(27)18-12-6-3-7-13-18/h2-7,10-13,19-20,30H,8-9,14-16H2,1H3,(H,25,28)(H,26,27)/t19-,20+/m0/s1. The van der Waals surface area contributed by atoms with Gasteiger partial charge in [-0.25, -0.2) is 4.79 Å². The molecule has 1 aliphatic carbocycles. The van der Waals surface area contributed by atoms with E-state index in [9.17, 15) is 19.5 Å². The van der Waals surface area contributed by atoms with Crippen LogP contribution in [0.25, 0.3) is 0 Å². The van der Waals surface area contributed by atoms with Crippen LogP contribution in [0, 0.1) is 0 Å². The average Bonchev–Trinajstić information content (AvgIpc) is 3.24. The van der Waals surface area contributed by atoms with Crippen LogP contribution in [0.4, 0.5) is 0 Å². The first kappa shape index (κ1) is 22.5. The first-order valence-corrected chi connectivity index (χ1v) is 10.4. The number of amides is 2. The van der Waals surface area contributed by atoms with Gasteiger partial charge in [-0.15, -0.1) is 0 Å². The molecule has 3 rings (SSSR count). The molecule has 2 aromatic carbocycles. The molecule has 2 atom stereocenters. The summed E-state index contributed by atoms with van der Waals surface area (Å²) in [7, 11) is 1.26. The van der Waals surface area contributed by atoms with E-state index < -0.39 is 35.5 Å². The Labute approximate surface area is 181 Å². The Morgan fingerprint density at radius 1 is 0.968 bits per heavy atom. The fourth-order valence-corrected chi connectivity index (χ4v) is 3.96. The van der Waals surface area contributed by atoms with Gasteiger partial charge in [-0.3, -0.25) is 9.59 Å². The van der Waals surface area contributed by atoms with Crippen LogP contribution in [0.3, 0.4) is 0 Å². The quantitative estimate of drug-likeness (QED) is 0.562. The number of rotatable bonds is 8. The van der Waals surface area contributed by atoms with Gasteiger partial charge in [0.05, 0.1) is 12.7 Å². The van der Waals surface area contributed by atoms with Crippen molar-refractivity contribution in [1.82, 2.24) is 10.6 Å². The largest absolute Gasteiger partial charge is 0.467 e. The van der Waals surface area contributed by atoms with E-state index in [1.54, 1.807) is 30.3 Å². The Morgan fingerprint density at radius 3 is 2.13 bits per heavy atom. The van der Waals surface area contributed by atoms with Gasteiger partial charge in [0.1, 0.15) is 12.1 Å². The van der Waals surface area contributed by atoms with Gasteiger partial charge < -0.3 is 20.5 Å². The smallest absolute Gasteiger partial charge is 0.328 e. The van der Waals surface area contributed by atoms with Crippen molar-refractivity contribution in [3.05, 3.63) is 71.8 Å². The third kappa shape index (κ3) is 5.70. The molecular formula is C24H28N2O5. The van der Waals surface area contributed by atoms with Gasteiger partial charge in [-0.2, -0.15) is 0 Å². The van der Waals surface area contributed by atoms with Crippen molar-refractivity contribution in [2.75, 3.05) is 7.11 Å². The summed E-state index contributed by atoms with van der Waals surface area (Å²) in [6.45, 7) is 0. The highest BCUT2D eigenvalue weighted by Crippen LogP contribution is 2.33. The summed E-state index contributed by atoms with van der Waals surface area (Å²) < 4.78 is 4.86. The van der Waals surface area contributed by atoms with Crippen molar-refractivity contribution >= 4 is 17.8 Å². The molecule has 7 nitrogen and oxygen atoms in total. The molecule has 2 amide bonds. The molecule has 164 valence electrons. The van der Waals surface area contributed by atoms with Gasteiger partial charge in [0.2, 0.25) is 5.91 Å². The number of benzene rings is 2. The maximum Gasteiger partial charge on any atom is 0.328 e. The van der Waals surface area contributed by atoms with Gasteiger partial charge in [0.15, 0.2) is 0 Å². The van der Waals surface area contributed by atoms with Crippen LogP contribution in [0.2, 0.25) is 0 Å². The molecule has 0 aromatic heterocycles. The second kappa shape index (κ2) is 10.2. The van der Waals surface area contributed by atoms with Crippen LogP contribution in [0.15, 0.2) is 60.7 Å². The predicted octanol–water partition coefficient (Wildman–Crippen LogP) is 1.99. The normalized spacial score (nSPS) is 16.7. The molecular weight excluding hydrogens is 396 g/mol. The number of carbonyl (C=O) groups excluding carboxylic acids is 3. The number of methoxy groups -OCH3 is 1. The monoisotopic (exact) mass is 424 g/mol. The summed E-state index contributed by atoms with van der Waals surface area (Å²) in [5.41, 5.74) is -0.138. The van der Waals surface area contributed by atoms with Crippen LogP contribution >= 0.6 is 0 Å². The minimum absolute atomic E-state index is 0.233. The number of aliphatic hydroxyl groups is 1. The van der Waals surface area contributed by atoms with E-state index in [1.807, 2.05) is 30.3 Å². The fraction of sp³-hybridized carbons (Fsp3) is 0.375. The zero-order valence-corrected chi connectivity index (χ0v) is 17.5. The Balaban J connectivity index is 1.80. The van der Waals surface area contributed by atoms with Gasteiger partial charge in [0, 0.05) is 12.0 Å². The van der Waals surface area contributed by atoms with E-state index in [0.717, 1.165) is 18.4 Å². The zero-order chi connectivity index (χ0) is 22.3. The molecule has 3 N–H and O–H groups in total. The van der Waals surface area contributed by atoms with Crippen molar-refractivity contribution in [3.8, 4) is 0 Å². The third-order valence-electron chi connectivity index (χ3n) is 5.67. The second-order valence-electron chi connectivity index (χ2n) is 7.86. The summed E-state index contributed by atoms with van der Waals surface area (Å²) >= 11 is 0.